The molecule has 0 bridgehead atoms. The third kappa shape index (κ3) is 6.39. The van der Waals surface area contributed by atoms with E-state index in [4.69, 9.17) is 9.47 Å². The maximum Gasteiger partial charge on any atom is 0.329 e. The van der Waals surface area contributed by atoms with Gasteiger partial charge in [0, 0.05) is 6.54 Å². The summed E-state index contributed by atoms with van der Waals surface area (Å²) in [4.78, 5) is 23.0. The van der Waals surface area contributed by atoms with Crippen molar-refractivity contribution in [1.29, 1.82) is 0 Å². The van der Waals surface area contributed by atoms with Crippen LogP contribution in [0.25, 0.3) is 0 Å². The molecule has 2 aromatic carbocycles. The molecule has 0 aliphatic rings. The molecular weight excluding hydrogens is 365 g/mol. The van der Waals surface area contributed by atoms with Crippen LogP contribution in [0.15, 0.2) is 47.6 Å². The zero-order chi connectivity index (χ0) is 20.4. The fourth-order valence-electron chi connectivity index (χ4n) is 2.16. The van der Waals surface area contributed by atoms with Crippen molar-refractivity contribution in [1.82, 2.24) is 10.7 Å². The number of carbonyl (C=O) groups excluding carboxylic acids is 2. The molecular formula is C20H22FN3O4. The number of benzene rings is 2. The van der Waals surface area contributed by atoms with Gasteiger partial charge in [0.1, 0.15) is 12.4 Å². The highest BCUT2D eigenvalue weighted by Gasteiger charge is 2.11. The van der Waals surface area contributed by atoms with E-state index < -0.39 is 11.8 Å². The van der Waals surface area contributed by atoms with E-state index in [9.17, 15) is 14.0 Å². The minimum atomic E-state index is -0.837. The molecule has 2 rings (SSSR count). The topological polar surface area (TPSA) is 89.0 Å². The largest absolute Gasteiger partial charge is 0.493 e. The molecule has 0 heterocycles. The highest BCUT2D eigenvalue weighted by Crippen LogP contribution is 2.28. The standard InChI is InChI=1S/C20H22FN3O4/c1-3-10-22-19(25)20(26)24-23-12-15-6-9-17(18(11-15)27-2)28-13-14-4-7-16(21)8-5-14/h4-9,11-12H,3,10,13H2,1-2H3,(H,22,25)(H,24,26)/b23-12-. The monoisotopic (exact) mass is 387 g/mol. The number of halogens is 1. The number of hydrogen-bond acceptors (Lipinski definition) is 5. The van der Waals surface area contributed by atoms with Crippen molar-refractivity contribution in [2.24, 2.45) is 5.10 Å². The molecule has 0 aliphatic carbocycles. The molecule has 0 saturated heterocycles. The zero-order valence-corrected chi connectivity index (χ0v) is 15.7. The Morgan fingerprint density at radius 1 is 1.11 bits per heavy atom. The van der Waals surface area contributed by atoms with E-state index in [1.54, 1.807) is 30.3 Å². The number of carbonyl (C=O) groups is 2. The third-order valence-corrected chi connectivity index (χ3v) is 3.62. The van der Waals surface area contributed by atoms with Crippen molar-refractivity contribution >= 4 is 18.0 Å². The van der Waals surface area contributed by atoms with Crippen molar-refractivity contribution in [3.05, 3.63) is 59.4 Å². The van der Waals surface area contributed by atoms with Gasteiger partial charge < -0.3 is 14.8 Å². The van der Waals surface area contributed by atoms with Crippen LogP contribution in [0.5, 0.6) is 11.5 Å². The van der Waals surface area contributed by atoms with Crippen LogP contribution in [0.4, 0.5) is 4.39 Å². The van der Waals surface area contributed by atoms with Crippen LogP contribution in [-0.4, -0.2) is 31.7 Å². The molecule has 148 valence electrons. The molecule has 28 heavy (non-hydrogen) atoms. The third-order valence-electron chi connectivity index (χ3n) is 3.62. The molecule has 0 radical (unpaired) electrons. The Bertz CT molecular complexity index is 838. The van der Waals surface area contributed by atoms with Crippen LogP contribution < -0.4 is 20.2 Å². The van der Waals surface area contributed by atoms with Gasteiger partial charge in [0.2, 0.25) is 0 Å². The number of nitrogens with zero attached hydrogens (tertiary/aromatic N) is 1. The van der Waals surface area contributed by atoms with Crippen molar-refractivity contribution in [3.63, 3.8) is 0 Å². The highest BCUT2D eigenvalue weighted by atomic mass is 19.1. The van der Waals surface area contributed by atoms with E-state index in [0.717, 1.165) is 12.0 Å². The molecule has 8 heteroatoms. The number of amides is 2. The summed E-state index contributed by atoms with van der Waals surface area (Å²) >= 11 is 0. The van der Waals surface area contributed by atoms with Gasteiger partial charge in [-0.2, -0.15) is 5.10 Å². The SMILES string of the molecule is CCCNC(=O)C(=O)N/N=C\c1ccc(OCc2ccc(F)cc2)c(OC)c1. The summed E-state index contributed by atoms with van der Waals surface area (Å²) in [5, 5.41) is 6.22. The summed E-state index contributed by atoms with van der Waals surface area (Å²) < 4.78 is 24.0. The van der Waals surface area contributed by atoms with Crippen molar-refractivity contribution in [3.8, 4) is 11.5 Å². The van der Waals surface area contributed by atoms with Gasteiger partial charge in [-0.1, -0.05) is 19.1 Å². The second kappa shape index (κ2) is 10.7. The zero-order valence-electron chi connectivity index (χ0n) is 15.7. The Hall–Kier alpha value is -3.42. The first-order valence-electron chi connectivity index (χ1n) is 8.70. The summed E-state index contributed by atoms with van der Waals surface area (Å²) in [5.41, 5.74) is 3.62. The van der Waals surface area contributed by atoms with Crippen LogP contribution in [0, 0.1) is 5.82 Å². The lowest BCUT2D eigenvalue weighted by Crippen LogP contribution is -2.38. The predicted molar refractivity (Wildman–Crippen MR) is 103 cm³/mol. The molecule has 0 atom stereocenters. The molecule has 0 aliphatic heterocycles. The molecule has 7 nitrogen and oxygen atoms in total. The summed E-state index contributed by atoms with van der Waals surface area (Å²) in [5.74, 6) is -0.901. The van der Waals surface area contributed by atoms with Gasteiger partial charge in [-0.25, -0.2) is 9.82 Å². The number of nitrogens with one attached hydrogen (secondary N) is 2. The molecule has 2 N–H and O–H groups in total. The first-order chi connectivity index (χ1) is 13.5. The van der Waals surface area contributed by atoms with E-state index in [0.29, 0.717) is 23.6 Å². The molecule has 0 spiro atoms. The van der Waals surface area contributed by atoms with Crippen LogP contribution >= 0.6 is 0 Å². The minimum Gasteiger partial charge on any atom is -0.493 e. The number of methoxy groups -OCH3 is 1. The smallest absolute Gasteiger partial charge is 0.329 e. The second-order valence-corrected chi connectivity index (χ2v) is 5.78. The van der Waals surface area contributed by atoms with E-state index in [1.807, 2.05) is 6.92 Å². The number of ether oxygens (including phenoxy) is 2. The quantitative estimate of drug-likeness (QED) is 0.414. The number of rotatable bonds is 8. The van der Waals surface area contributed by atoms with Gasteiger partial charge >= 0.3 is 11.8 Å². The maximum absolute atomic E-state index is 12.9. The lowest BCUT2D eigenvalue weighted by molar-refractivity contribution is -0.139. The summed E-state index contributed by atoms with van der Waals surface area (Å²) in [7, 11) is 1.50. The Labute approximate surface area is 162 Å². The van der Waals surface area contributed by atoms with Gasteiger partial charge in [0.15, 0.2) is 11.5 Å². The maximum atomic E-state index is 12.9. The number of hydrogen-bond donors (Lipinski definition) is 2. The first-order valence-corrected chi connectivity index (χ1v) is 8.70. The van der Waals surface area contributed by atoms with Crippen LogP contribution in [-0.2, 0) is 16.2 Å². The molecule has 0 aromatic heterocycles. The normalized spacial score (nSPS) is 10.5. The van der Waals surface area contributed by atoms with E-state index in [-0.39, 0.29) is 12.4 Å². The van der Waals surface area contributed by atoms with Gasteiger partial charge in [-0.05, 0) is 47.9 Å². The Morgan fingerprint density at radius 2 is 1.86 bits per heavy atom. The summed E-state index contributed by atoms with van der Waals surface area (Å²) in [6.45, 7) is 2.57. The Balaban J connectivity index is 1.95. The molecule has 2 amide bonds. The fraction of sp³-hybridized carbons (Fsp3) is 0.250. The lowest BCUT2D eigenvalue weighted by atomic mass is 10.2. The fourth-order valence-corrected chi connectivity index (χ4v) is 2.16. The molecule has 0 unspecified atom stereocenters. The van der Waals surface area contributed by atoms with E-state index >= 15 is 0 Å². The Morgan fingerprint density at radius 3 is 2.54 bits per heavy atom. The van der Waals surface area contributed by atoms with Gasteiger partial charge in [-0.3, -0.25) is 9.59 Å². The molecule has 2 aromatic rings. The van der Waals surface area contributed by atoms with Gasteiger partial charge in [0.05, 0.1) is 13.3 Å². The van der Waals surface area contributed by atoms with Crippen LogP contribution in [0.2, 0.25) is 0 Å². The van der Waals surface area contributed by atoms with Crippen molar-refractivity contribution < 1.29 is 23.5 Å². The van der Waals surface area contributed by atoms with Crippen molar-refractivity contribution in [2.45, 2.75) is 20.0 Å². The summed E-state index contributed by atoms with van der Waals surface area (Å²) in [6.07, 6.45) is 2.12. The van der Waals surface area contributed by atoms with Crippen molar-refractivity contribution in [2.75, 3.05) is 13.7 Å². The lowest BCUT2D eigenvalue weighted by Gasteiger charge is -2.11. The first kappa shape index (κ1) is 20.9. The number of hydrazone groups is 1. The van der Waals surface area contributed by atoms with Gasteiger partial charge in [0.25, 0.3) is 0 Å². The highest BCUT2D eigenvalue weighted by molar-refractivity contribution is 6.35. The molecule has 0 fully saturated rings. The van der Waals surface area contributed by atoms with E-state index in [2.05, 4.69) is 15.8 Å². The average molecular weight is 387 g/mol. The Kier molecular flexibility index (Phi) is 7.95. The average Bonchev–Trinajstić information content (AvgIpc) is 2.71. The van der Waals surface area contributed by atoms with Crippen LogP contribution in [0.1, 0.15) is 24.5 Å². The second-order valence-electron chi connectivity index (χ2n) is 5.78. The predicted octanol–water partition coefficient (Wildman–Crippen LogP) is 2.39. The minimum absolute atomic E-state index is 0.257. The molecule has 0 saturated carbocycles. The van der Waals surface area contributed by atoms with E-state index in [1.165, 1.54) is 25.5 Å². The van der Waals surface area contributed by atoms with Crippen LogP contribution in [0.3, 0.4) is 0 Å². The van der Waals surface area contributed by atoms with Gasteiger partial charge in [-0.15, -0.1) is 0 Å². The summed E-state index contributed by atoms with van der Waals surface area (Å²) in [6, 6.07) is 11.1.